The van der Waals surface area contributed by atoms with E-state index in [2.05, 4.69) is 10.6 Å². The fourth-order valence-corrected chi connectivity index (χ4v) is 3.34. The van der Waals surface area contributed by atoms with Crippen molar-refractivity contribution in [2.24, 2.45) is 0 Å². The molecule has 2 amide bonds. The van der Waals surface area contributed by atoms with Crippen molar-refractivity contribution in [3.05, 3.63) is 131 Å². The quantitative estimate of drug-likeness (QED) is 0.178. The van der Waals surface area contributed by atoms with Crippen molar-refractivity contribution in [3.63, 3.8) is 0 Å². The molecule has 0 radical (unpaired) electrons. The Morgan fingerprint density at radius 3 is 1.83 bits per heavy atom. The van der Waals surface area contributed by atoms with Gasteiger partial charge >= 0.3 is 0 Å². The first-order chi connectivity index (χ1) is 17.5. The summed E-state index contributed by atoms with van der Waals surface area (Å²) in [7, 11) is 0. The molecular formula is C29H22F2N2O3. The molecule has 4 aromatic carbocycles. The minimum atomic E-state index is -0.857. The summed E-state index contributed by atoms with van der Waals surface area (Å²) in [6.07, 6.45) is 1.34. The number of halogens is 2. The van der Waals surface area contributed by atoms with Crippen molar-refractivity contribution in [2.75, 3.05) is 10.6 Å². The van der Waals surface area contributed by atoms with Crippen molar-refractivity contribution >= 4 is 29.3 Å². The first-order valence-electron chi connectivity index (χ1n) is 11.1. The van der Waals surface area contributed by atoms with E-state index in [9.17, 15) is 18.4 Å². The summed E-state index contributed by atoms with van der Waals surface area (Å²) >= 11 is 0. The van der Waals surface area contributed by atoms with Gasteiger partial charge in [0.15, 0.2) is 0 Å². The molecule has 0 bridgehead atoms. The molecule has 0 aromatic heterocycles. The van der Waals surface area contributed by atoms with Gasteiger partial charge in [0.1, 0.15) is 29.6 Å². The van der Waals surface area contributed by atoms with Gasteiger partial charge in [-0.25, -0.2) is 8.78 Å². The summed E-state index contributed by atoms with van der Waals surface area (Å²) < 4.78 is 34.1. The second-order valence-electron chi connectivity index (χ2n) is 7.77. The number of rotatable bonds is 8. The largest absolute Gasteiger partial charge is 0.489 e. The number of nitrogens with one attached hydrogen (secondary N) is 2. The van der Waals surface area contributed by atoms with Crippen LogP contribution in [0.2, 0.25) is 0 Å². The smallest absolute Gasteiger partial charge is 0.261 e. The van der Waals surface area contributed by atoms with E-state index in [-0.39, 0.29) is 16.9 Å². The molecule has 0 aliphatic heterocycles. The highest BCUT2D eigenvalue weighted by molar-refractivity contribution is 6.28. The molecule has 0 aliphatic rings. The minimum Gasteiger partial charge on any atom is -0.489 e. The lowest BCUT2D eigenvalue weighted by atomic mass is 10.1. The Kier molecular flexibility index (Phi) is 7.83. The van der Waals surface area contributed by atoms with Crippen LogP contribution in [0.1, 0.15) is 11.1 Å². The van der Waals surface area contributed by atoms with Gasteiger partial charge in [-0.1, -0.05) is 66.7 Å². The Bertz CT molecular complexity index is 1340. The molecule has 0 saturated carbocycles. The monoisotopic (exact) mass is 484 g/mol. The zero-order chi connectivity index (χ0) is 25.3. The number of ether oxygens (including phenoxy) is 1. The third kappa shape index (κ3) is 6.42. The van der Waals surface area contributed by atoms with Crippen molar-refractivity contribution in [2.45, 2.75) is 6.61 Å². The normalized spacial score (nSPS) is 10.3. The number of carbonyl (C=O) groups is 2. The molecule has 2 N–H and O–H groups in total. The summed E-state index contributed by atoms with van der Waals surface area (Å²) in [5.74, 6) is -2.50. The highest BCUT2D eigenvalue weighted by atomic mass is 19.1. The van der Waals surface area contributed by atoms with Crippen LogP contribution < -0.4 is 15.4 Å². The van der Waals surface area contributed by atoms with Crippen LogP contribution >= 0.6 is 0 Å². The van der Waals surface area contributed by atoms with Crippen LogP contribution in [0.5, 0.6) is 5.75 Å². The molecule has 0 aliphatic carbocycles. The van der Waals surface area contributed by atoms with Crippen LogP contribution in [0.25, 0.3) is 6.08 Å². The predicted octanol–water partition coefficient (Wildman–Crippen LogP) is 6.20. The number of amides is 2. The fourth-order valence-electron chi connectivity index (χ4n) is 3.34. The number of benzene rings is 4. The van der Waals surface area contributed by atoms with Gasteiger partial charge in [-0.15, -0.1) is 0 Å². The van der Waals surface area contributed by atoms with Gasteiger partial charge in [0.05, 0.1) is 11.4 Å². The van der Waals surface area contributed by atoms with Crippen molar-refractivity contribution in [1.29, 1.82) is 0 Å². The number of hydrogen-bond donors (Lipinski definition) is 2. The van der Waals surface area contributed by atoms with Gasteiger partial charge in [-0.3, -0.25) is 9.59 Å². The topological polar surface area (TPSA) is 67.4 Å². The standard InChI is InChI=1S/C29H22F2N2O3/c30-24-13-4-6-15-26(24)32-28(34)23(29(35)33-27-16-7-5-14-25(27)31)18-21-11-8-12-22(17-21)36-19-20-9-2-1-3-10-20/h1-18H,19H2,(H,32,34)(H,33,35). The lowest BCUT2D eigenvalue weighted by Gasteiger charge is -2.12. The van der Waals surface area contributed by atoms with E-state index in [4.69, 9.17) is 4.74 Å². The maximum absolute atomic E-state index is 14.1. The summed E-state index contributed by atoms with van der Waals surface area (Å²) in [5.41, 5.74) is 0.941. The lowest BCUT2D eigenvalue weighted by Crippen LogP contribution is -2.26. The van der Waals surface area contributed by atoms with Crippen LogP contribution in [-0.2, 0) is 16.2 Å². The van der Waals surface area contributed by atoms with Crippen molar-refractivity contribution < 1.29 is 23.1 Å². The zero-order valence-electron chi connectivity index (χ0n) is 19.1. The highest BCUT2D eigenvalue weighted by Crippen LogP contribution is 2.21. The van der Waals surface area contributed by atoms with Crippen molar-refractivity contribution in [3.8, 4) is 5.75 Å². The molecule has 180 valence electrons. The Balaban J connectivity index is 1.61. The first-order valence-corrected chi connectivity index (χ1v) is 11.1. The molecular weight excluding hydrogens is 462 g/mol. The molecule has 0 fully saturated rings. The van der Waals surface area contributed by atoms with Gasteiger partial charge in [0, 0.05) is 0 Å². The van der Waals surface area contributed by atoms with Gasteiger partial charge < -0.3 is 15.4 Å². The van der Waals surface area contributed by atoms with Gasteiger partial charge in [0.2, 0.25) is 0 Å². The van der Waals surface area contributed by atoms with E-state index in [0.717, 1.165) is 5.56 Å². The maximum atomic E-state index is 14.1. The highest BCUT2D eigenvalue weighted by Gasteiger charge is 2.21. The number of anilines is 2. The van der Waals surface area contributed by atoms with Crippen LogP contribution in [0, 0.1) is 11.6 Å². The second kappa shape index (κ2) is 11.6. The van der Waals surface area contributed by atoms with Crippen molar-refractivity contribution in [1.82, 2.24) is 0 Å². The second-order valence-corrected chi connectivity index (χ2v) is 7.77. The SMILES string of the molecule is O=C(Nc1ccccc1F)C(=Cc1cccc(OCc2ccccc2)c1)C(=O)Nc1ccccc1F. The third-order valence-corrected chi connectivity index (χ3v) is 5.15. The molecule has 5 nitrogen and oxygen atoms in total. The van der Waals surface area contributed by atoms with E-state index >= 15 is 0 Å². The van der Waals surface area contributed by atoms with Gasteiger partial charge in [-0.05, 0) is 53.6 Å². The molecule has 36 heavy (non-hydrogen) atoms. The molecule has 4 rings (SSSR count). The van der Waals surface area contributed by atoms with Crippen LogP contribution in [0.4, 0.5) is 20.2 Å². The molecule has 0 spiro atoms. The minimum absolute atomic E-state index is 0.0907. The molecule has 7 heteroatoms. The molecule has 0 saturated heterocycles. The molecule has 4 aromatic rings. The summed E-state index contributed by atoms with van der Waals surface area (Å²) in [6.45, 7) is 0.336. The van der Waals surface area contributed by atoms with Gasteiger partial charge in [0.25, 0.3) is 11.8 Å². The summed E-state index contributed by atoms with van der Waals surface area (Å²) in [5, 5.41) is 4.81. The van der Waals surface area contributed by atoms with E-state index < -0.39 is 23.4 Å². The Labute approximate surface area is 207 Å². The van der Waals surface area contributed by atoms with E-state index in [0.29, 0.717) is 17.9 Å². The average Bonchev–Trinajstić information content (AvgIpc) is 2.89. The van der Waals surface area contributed by atoms with Gasteiger partial charge in [-0.2, -0.15) is 0 Å². The van der Waals surface area contributed by atoms with Crippen LogP contribution in [0.15, 0.2) is 109 Å². The summed E-state index contributed by atoms with van der Waals surface area (Å²) in [4.78, 5) is 26.1. The third-order valence-electron chi connectivity index (χ3n) is 5.15. The fraction of sp³-hybridized carbons (Fsp3) is 0.0345. The average molecular weight is 485 g/mol. The zero-order valence-corrected chi connectivity index (χ0v) is 19.1. The Morgan fingerprint density at radius 1 is 0.694 bits per heavy atom. The first kappa shape index (κ1) is 24.3. The summed E-state index contributed by atoms with van der Waals surface area (Å²) in [6, 6.07) is 27.6. The molecule has 0 unspecified atom stereocenters. The molecule has 0 heterocycles. The van der Waals surface area contributed by atoms with Crippen LogP contribution in [-0.4, -0.2) is 11.8 Å². The predicted molar refractivity (Wildman–Crippen MR) is 135 cm³/mol. The van der Waals surface area contributed by atoms with Crippen LogP contribution in [0.3, 0.4) is 0 Å². The van der Waals surface area contributed by atoms with E-state index in [1.807, 2.05) is 30.3 Å². The lowest BCUT2D eigenvalue weighted by molar-refractivity contribution is -0.118. The molecule has 0 atom stereocenters. The maximum Gasteiger partial charge on any atom is 0.261 e. The van der Waals surface area contributed by atoms with E-state index in [1.54, 1.807) is 36.4 Å². The number of hydrogen-bond acceptors (Lipinski definition) is 3. The Hall–Kier alpha value is -4.78. The number of carbonyl (C=O) groups excluding carboxylic acids is 2. The Morgan fingerprint density at radius 2 is 1.25 bits per heavy atom. The number of para-hydroxylation sites is 2. The van der Waals surface area contributed by atoms with E-state index in [1.165, 1.54) is 42.5 Å².